The molecule has 1 aromatic rings. The molecular weight excluding hydrogens is 368 g/mol. The van der Waals surface area contributed by atoms with Gasteiger partial charge >= 0.3 is 5.97 Å². The lowest BCUT2D eigenvalue weighted by Crippen LogP contribution is -2.44. The molecule has 2 aliphatic rings. The van der Waals surface area contributed by atoms with Crippen molar-refractivity contribution in [3.05, 3.63) is 28.8 Å². The van der Waals surface area contributed by atoms with Gasteiger partial charge in [-0.05, 0) is 37.5 Å². The highest BCUT2D eigenvalue weighted by atomic mass is 35.5. The fourth-order valence-electron chi connectivity index (χ4n) is 3.01. The quantitative estimate of drug-likeness (QED) is 0.603. The Kier molecular flexibility index (Phi) is 4.92. The summed E-state index contributed by atoms with van der Waals surface area (Å²) in [6.07, 6.45) is 2.14. The third-order valence-electron chi connectivity index (χ3n) is 4.39. The van der Waals surface area contributed by atoms with Gasteiger partial charge in [-0.15, -0.1) is 0 Å². The van der Waals surface area contributed by atoms with Crippen molar-refractivity contribution >= 4 is 39.0 Å². The summed E-state index contributed by atoms with van der Waals surface area (Å²) in [6.45, 7) is -0.422. The summed E-state index contributed by atoms with van der Waals surface area (Å²) in [5.41, 5.74) is 6.10. The van der Waals surface area contributed by atoms with Gasteiger partial charge < -0.3 is 15.4 Å². The molecule has 9 heteroatoms. The third kappa shape index (κ3) is 4.24. The number of carbonyl (C=O) groups excluding carboxylic acids is 2. The van der Waals surface area contributed by atoms with Gasteiger partial charge in [-0.25, -0.2) is 13.2 Å². The Morgan fingerprint density at radius 1 is 1.24 bits per heavy atom. The number of nitrogens with zero attached hydrogens (tertiary/aromatic N) is 1. The molecule has 1 aliphatic heterocycles. The number of ether oxygens (including phenoxy) is 1. The molecule has 1 atom stereocenters. The Morgan fingerprint density at radius 3 is 2.52 bits per heavy atom. The first kappa shape index (κ1) is 18.0. The van der Waals surface area contributed by atoms with Crippen LogP contribution in [0, 0.1) is 0 Å². The number of amides is 1. The Hall–Kier alpha value is -1.80. The van der Waals surface area contributed by atoms with Gasteiger partial charge in [0.2, 0.25) is 0 Å². The molecule has 2 N–H and O–H groups in total. The largest absolute Gasteiger partial charge is 0.452 e. The molecule has 136 valence electrons. The van der Waals surface area contributed by atoms with Crippen molar-refractivity contribution in [2.45, 2.75) is 31.3 Å². The number of hydrogen-bond donors (Lipinski definition) is 1. The number of carbonyl (C=O) groups is 2. The van der Waals surface area contributed by atoms with Gasteiger partial charge in [-0.2, -0.15) is 0 Å². The van der Waals surface area contributed by atoms with E-state index in [2.05, 4.69) is 0 Å². The molecule has 1 aromatic carbocycles. The molecule has 0 spiro atoms. The zero-order valence-corrected chi connectivity index (χ0v) is 15.1. The normalized spacial score (nSPS) is 21.7. The zero-order chi connectivity index (χ0) is 18.2. The highest BCUT2D eigenvalue weighted by Gasteiger charge is 2.42. The van der Waals surface area contributed by atoms with Crippen LogP contribution in [0.1, 0.15) is 29.6 Å². The second kappa shape index (κ2) is 6.84. The minimum Gasteiger partial charge on any atom is -0.452 e. The Labute approximate surface area is 151 Å². The zero-order valence-electron chi connectivity index (χ0n) is 13.5. The van der Waals surface area contributed by atoms with Crippen LogP contribution in [0.5, 0.6) is 0 Å². The molecule has 0 bridgehead atoms. The van der Waals surface area contributed by atoms with E-state index in [1.54, 1.807) is 4.90 Å². The number of anilines is 1. The first-order chi connectivity index (χ1) is 11.8. The van der Waals surface area contributed by atoms with Crippen LogP contribution in [0.15, 0.2) is 18.2 Å². The number of nitrogen functional groups attached to an aromatic ring is 1. The van der Waals surface area contributed by atoms with Crippen LogP contribution in [-0.2, 0) is 19.4 Å². The Balaban J connectivity index is 1.62. The van der Waals surface area contributed by atoms with Crippen LogP contribution in [0.25, 0.3) is 0 Å². The molecule has 7 nitrogen and oxygen atoms in total. The highest BCUT2D eigenvalue weighted by Crippen LogP contribution is 2.32. The SMILES string of the molecule is Nc1cc(C(=O)OCC(=O)N(C2CC2)[C@@H]2CCS(=O)(=O)C2)ccc1Cl. The number of rotatable bonds is 5. The fourth-order valence-corrected chi connectivity index (χ4v) is 4.84. The second-order valence-electron chi connectivity index (χ2n) is 6.40. The van der Waals surface area contributed by atoms with E-state index >= 15 is 0 Å². The van der Waals surface area contributed by atoms with Crippen LogP contribution >= 0.6 is 11.6 Å². The third-order valence-corrected chi connectivity index (χ3v) is 6.48. The van der Waals surface area contributed by atoms with Crippen molar-refractivity contribution in [3.63, 3.8) is 0 Å². The van der Waals surface area contributed by atoms with E-state index in [0.717, 1.165) is 12.8 Å². The van der Waals surface area contributed by atoms with Gasteiger partial charge in [0, 0.05) is 12.1 Å². The van der Waals surface area contributed by atoms with Gasteiger partial charge in [-0.1, -0.05) is 11.6 Å². The van der Waals surface area contributed by atoms with E-state index in [9.17, 15) is 18.0 Å². The van der Waals surface area contributed by atoms with E-state index in [-0.39, 0.29) is 40.7 Å². The summed E-state index contributed by atoms with van der Waals surface area (Å²) < 4.78 is 28.4. The Morgan fingerprint density at radius 2 is 1.96 bits per heavy atom. The van der Waals surface area contributed by atoms with Crippen LogP contribution in [-0.4, -0.2) is 55.4 Å². The minimum absolute atomic E-state index is 0.0170. The molecule has 25 heavy (non-hydrogen) atoms. The fraction of sp³-hybridized carbons (Fsp3) is 0.500. The van der Waals surface area contributed by atoms with E-state index < -0.39 is 22.4 Å². The summed E-state index contributed by atoms with van der Waals surface area (Å²) in [5, 5.41) is 0.329. The number of esters is 1. The first-order valence-electron chi connectivity index (χ1n) is 8.00. The molecule has 0 unspecified atom stereocenters. The lowest BCUT2D eigenvalue weighted by atomic mass is 10.2. The van der Waals surface area contributed by atoms with Crippen molar-refractivity contribution in [2.75, 3.05) is 23.8 Å². The molecule has 0 aromatic heterocycles. The maximum Gasteiger partial charge on any atom is 0.338 e. The van der Waals surface area contributed by atoms with E-state index in [1.807, 2.05) is 0 Å². The molecule has 0 radical (unpaired) electrons. The maximum absolute atomic E-state index is 12.5. The average Bonchev–Trinajstić information content (AvgIpc) is 3.31. The molecule has 3 rings (SSSR count). The van der Waals surface area contributed by atoms with Crippen molar-refractivity contribution in [1.82, 2.24) is 4.90 Å². The predicted molar refractivity (Wildman–Crippen MR) is 93.1 cm³/mol. The lowest BCUT2D eigenvalue weighted by molar-refractivity contribution is -0.137. The number of nitrogens with two attached hydrogens (primary N) is 1. The molecule has 1 saturated heterocycles. The topological polar surface area (TPSA) is 107 Å². The monoisotopic (exact) mass is 386 g/mol. The summed E-state index contributed by atoms with van der Waals surface area (Å²) in [4.78, 5) is 26.1. The highest BCUT2D eigenvalue weighted by molar-refractivity contribution is 7.91. The van der Waals surface area contributed by atoms with Crippen molar-refractivity contribution in [3.8, 4) is 0 Å². The molecule has 1 heterocycles. The van der Waals surface area contributed by atoms with E-state index in [4.69, 9.17) is 22.1 Å². The van der Waals surface area contributed by atoms with Gasteiger partial charge in [0.05, 0.1) is 27.8 Å². The molecular formula is C16H19ClN2O5S. The van der Waals surface area contributed by atoms with Crippen molar-refractivity contribution in [2.24, 2.45) is 0 Å². The summed E-state index contributed by atoms with van der Waals surface area (Å²) in [5.74, 6) is -0.957. The standard InChI is InChI=1S/C16H19ClN2O5S/c17-13-4-1-10(7-14(13)18)16(21)24-8-15(20)19(11-2-3-11)12-5-6-25(22,23)9-12/h1,4,7,11-12H,2-3,5-6,8-9,18H2/t12-/m1/s1. The van der Waals surface area contributed by atoms with Gasteiger partial charge in [0.1, 0.15) is 0 Å². The van der Waals surface area contributed by atoms with Crippen LogP contribution < -0.4 is 5.73 Å². The van der Waals surface area contributed by atoms with Gasteiger partial charge in [0.15, 0.2) is 16.4 Å². The molecule has 1 amide bonds. The van der Waals surface area contributed by atoms with Gasteiger partial charge in [-0.3, -0.25) is 4.79 Å². The van der Waals surface area contributed by atoms with Crippen molar-refractivity contribution < 1.29 is 22.7 Å². The van der Waals surface area contributed by atoms with E-state index in [1.165, 1.54) is 18.2 Å². The lowest BCUT2D eigenvalue weighted by Gasteiger charge is -2.28. The predicted octanol–water partition coefficient (Wildman–Crippen LogP) is 1.26. The minimum atomic E-state index is -3.09. The smallest absolute Gasteiger partial charge is 0.338 e. The second-order valence-corrected chi connectivity index (χ2v) is 9.04. The van der Waals surface area contributed by atoms with Crippen LogP contribution in [0.3, 0.4) is 0 Å². The first-order valence-corrected chi connectivity index (χ1v) is 10.2. The summed E-state index contributed by atoms with van der Waals surface area (Å²) >= 11 is 5.80. The number of sulfone groups is 1. The molecule has 1 saturated carbocycles. The Bertz CT molecular complexity index is 807. The van der Waals surface area contributed by atoms with Gasteiger partial charge in [0.25, 0.3) is 5.91 Å². The number of benzene rings is 1. The van der Waals surface area contributed by atoms with E-state index in [0.29, 0.717) is 11.4 Å². The summed E-state index contributed by atoms with van der Waals surface area (Å²) in [7, 11) is -3.09. The number of halogens is 1. The van der Waals surface area contributed by atoms with Crippen molar-refractivity contribution in [1.29, 1.82) is 0 Å². The molecule has 1 aliphatic carbocycles. The maximum atomic E-state index is 12.5. The van der Waals surface area contributed by atoms with Crippen LogP contribution in [0.2, 0.25) is 5.02 Å². The molecule has 2 fully saturated rings. The van der Waals surface area contributed by atoms with Crippen LogP contribution in [0.4, 0.5) is 5.69 Å². The summed E-state index contributed by atoms with van der Waals surface area (Å²) in [6, 6.07) is 4.06. The average molecular weight is 387 g/mol. The number of hydrogen-bond acceptors (Lipinski definition) is 6.